The number of nitrogens with zero attached hydrogens (tertiary/aromatic N) is 4. The first-order chi connectivity index (χ1) is 11.3. The summed E-state index contributed by atoms with van der Waals surface area (Å²) in [4.78, 5) is 38.8. The van der Waals surface area contributed by atoms with Gasteiger partial charge in [-0.1, -0.05) is 13.8 Å². The molecule has 2 heterocycles. The Hall–Kier alpha value is -2.90. The van der Waals surface area contributed by atoms with E-state index < -0.39 is 11.9 Å². The summed E-state index contributed by atoms with van der Waals surface area (Å²) in [6.07, 6.45) is 2.06. The summed E-state index contributed by atoms with van der Waals surface area (Å²) in [6.45, 7) is 5.43. The molecule has 0 aliphatic rings. The van der Waals surface area contributed by atoms with E-state index >= 15 is 0 Å². The highest BCUT2D eigenvalue weighted by Crippen LogP contribution is 2.17. The van der Waals surface area contributed by atoms with Crippen LogP contribution >= 0.6 is 0 Å². The van der Waals surface area contributed by atoms with Crippen molar-refractivity contribution >= 4 is 11.9 Å². The highest BCUT2D eigenvalue weighted by atomic mass is 16.4. The lowest BCUT2D eigenvalue weighted by molar-refractivity contribution is 0.0681. The molecule has 0 aliphatic carbocycles. The molecule has 0 aliphatic heterocycles. The lowest BCUT2D eigenvalue weighted by Gasteiger charge is -2.10. The summed E-state index contributed by atoms with van der Waals surface area (Å²) in [5.74, 6) is -1.34. The van der Waals surface area contributed by atoms with E-state index in [4.69, 9.17) is 5.11 Å². The molecule has 0 fully saturated rings. The molecular weight excluding hydrogens is 312 g/mol. The van der Waals surface area contributed by atoms with Gasteiger partial charge in [-0.3, -0.25) is 0 Å². The topological polar surface area (TPSA) is 126 Å². The molecule has 0 bridgehead atoms. The highest BCUT2D eigenvalue weighted by Gasteiger charge is 2.16. The first kappa shape index (κ1) is 17.5. The summed E-state index contributed by atoms with van der Waals surface area (Å²) in [5, 5.41) is 18.2. The third-order valence-electron chi connectivity index (χ3n) is 3.34. The number of hydrogen-bond donors (Lipinski definition) is 2. The maximum atomic E-state index is 11.2. The molecule has 0 amide bonds. The van der Waals surface area contributed by atoms with Crippen molar-refractivity contribution < 1.29 is 19.8 Å². The van der Waals surface area contributed by atoms with Gasteiger partial charge in [-0.15, -0.1) is 0 Å². The van der Waals surface area contributed by atoms with Crippen molar-refractivity contribution in [1.82, 2.24) is 19.9 Å². The number of rotatable bonds is 6. The Labute approximate surface area is 138 Å². The minimum atomic E-state index is -1.11. The molecule has 0 radical (unpaired) electrons. The van der Waals surface area contributed by atoms with E-state index in [0.29, 0.717) is 35.9 Å². The molecule has 2 N–H and O–H groups in total. The third kappa shape index (κ3) is 4.09. The minimum Gasteiger partial charge on any atom is -0.478 e. The van der Waals surface area contributed by atoms with E-state index in [1.807, 2.05) is 13.8 Å². The molecular formula is C16H18N4O4. The first-order valence-electron chi connectivity index (χ1n) is 7.45. The fourth-order valence-corrected chi connectivity index (χ4v) is 2.23. The van der Waals surface area contributed by atoms with Gasteiger partial charge in [0.2, 0.25) is 0 Å². The molecule has 2 aromatic rings. The Morgan fingerprint density at radius 1 is 1.04 bits per heavy atom. The van der Waals surface area contributed by atoms with Crippen LogP contribution in [-0.4, -0.2) is 42.1 Å². The maximum absolute atomic E-state index is 11.2. The fourth-order valence-electron chi connectivity index (χ4n) is 2.23. The number of aryl methyl sites for hydroxylation is 3. The van der Waals surface area contributed by atoms with Gasteiger partial charge in [0.05, 0.1) is 11.3 Å². The van der Waals surface area contributed by atoms with Gasteiger partial charge in [0.25, 0.3) is 0 Å². The van der Waals surface area contributed by atoms with Crippen LogP contribution in [0.3, 0.4) is 0 Å². The molecule has 126 valence electrons. The van der Waals surface area contributed by atoms with Crippen molar-refractivity contribution in [2.75, 3.05) is 0 Å². The Balaban J connectivity index is 2.22. The van der Waals surface area contributed by atoms with Gasteiger partial charge in [-0.2, -0.15) is 0 Å². The fraction of sp³-hybridized carbons (Fsp3) is 0.375. The van der Waals surface area contributed by atoms with Gasteiger partial charge < -0.3 is 10.2 Å². The Morgan fingerprint density at radius 2 is 1.71 bits per heavy atom. The number of carbonyl (C=O) groups is 2. The molecule has 8 nitrogen and oxygen atoms in total. The zero-order valence-electron chi connectivity index (χ0n) is 13.6. The summed E-state index contributed by atoms with van der Waals surface area (Å²) in [5.41, 5.74) is 1.09. The van der Waals surface area contributed by atoms with E-state index in [1.165, 1.54) is 12.3 Å². The zero-order chi connectivity index (χ0) is 17.9. The molecule has 2 aromatic heterocycles. The summed E-state index contributed by atoms with van der Waals surface area (Å²) < 4.78 is 0. The highest BCUT2D eigenvalue weighted by molar-refractivity contribution is 5.88. The van der Waals surface area contributed by atoms with Gasteiger partial charge in [-0.25, -0.2) is 29.5 Å². The van der Waals surface area contributed by atoms with E-state index in [-0.39, 0.29) is 17.2 Å². The lowest BCUT2D eigenvalue weighted by atomic mass is 10.1. The molecule has 0 saturated heterocycles. The molecule has 0 spiro atoms. The molecule has 0 unspecified atom stereocenters. The van der Waals surface area contributed by atoms with Crippen molar-refractivity contribution in [1.29, 1.82) is 0 Å². The van der Waals surface area contributed by atoms with E-state index in [1.54, 1.807) is 6.92 Å². The molecule has 24 heavy (non-hydrogen) atoms. The smallest absolute Gasteiger partial charge is 0.354 e. The van der Waals surface area contributed by atoms with Crippen molar-refractivity contribution in [3.63, 3.8) is 0 Å². The van der Waals surface area contributed by atoms with Gasteiger partial charge in [-0.05, 0) is 18.9 Å². The van der Waals surface area contributed by atoms with E-state index in [0.717, 1.165) is 0 Å². The van der Waals surface area contributed by atoms with Crippen molar-refractivity contribution in [2.24, 2.45) is 0 Å². The van der Waals surface area contributed by atoms with Gasteiger partial charge in [0.15, 0.2) is 5.69 Å². The van der Waals surface area contributed by atoms with Crippen LogP contribution in [0, 0.1) is 6.92 Å². The van der Waals surface area contributed by atoms with Crippen molar-refractivity contribution in [3.8, 4) is 0 Å². The number of hydrogen-bond acceptors (Lipinski definition) is 6. The predicted octanol–water partition coefficient (Wildman–Crippen LogP) is 1.88. The Kier molecular flexibility index (Phi) is 5.18. The summed E-state index contributed by atoms with van der Waals surface area (Å²) in [6, 6.07) is 1.40. The second kappa shape index (κ2) is 7.12. The Bertz CT molecular complexity index is 790. The maximum Gasteiger partial charge on any atom is 0.354 e. The number of aromatic carboxylic acids is 2. The zero-order valence-corrected chi connectivity index (χ0v) is 13.6. The van der Waals surface area contributed by atoms with E-state index in [9.17, 15) is 14.7 Å². The molecule has 0 aromatic carbocycles. The number of carboxylic acids is 2. The molecule has 0 saturated carbocycles. The van der Waals surface area contributed by atoms with Gasteiger partial charge in [0.1, 0.15) is 11.6 Å². The van der Waals surface area contributed by atoms with Crippen molar-refractivity contribution in [3.05, 3.63) is 46.6 Å². The molecule has 0 atom stereocenters. The van der Waals surface area contributed by atoms with Crippen LogP contribution in [0.1, 0.15) is 63.6 Å². The van der Waals surface area contributed by atoms with Gasteiger partial charge >= 0.3 is 11.9 Å². The normalized spacial score (nSPS) is 10.8. The summed E-state index contributed by atoms with van der Waals surface area (Å²) >= 11 is 0. The van der Waals surface area contributed by atoms with Crippen LogP contribution in [0.15, 0.2) is 12.3 Å². The van der Waals surface area contributed by atoms with Crippen LogP contribution in [0.2, 0.25) is 0 Å². The quantitative estimate of drug-likeness (QED) is 0.822. The lowest BCUT2D eigenvalue weighted by Crippen LogP contribution is -2.12. The second-order valence-corrected chi connectivity index (χ2v) is 5.66. The van der Waals surface area contributed by atoms with Crippen LogP contribution in [0.25, 0.3) is 0 Å². The number of carboxylic acid groups (broad SMARTS) is 2. The van der Waals surface area contributed by atoms with Crippen LogP contribution in [-0.2, 0) is 12.8 Å². The standard InChI is InChI=1S/C16H18N4O4/c1-8(2)14-10(15(21)22)7-17-12(20-14)4-5-13-18-9(3)6-11(19-13)16(23)24/h6-8H,4-5H2,1-3H3,(H,21,22)(H,23,24). The minimum absolute atomic E-state index is 0.0494. The first-order valence-corrected chi connectivity index (χ1v) is 7.45. The van der Waals surface area contributed by atoms with Crippen molar-refractivity contribution in [2.45, 2.75) is 39.5 Å². The molecule has 8 heteroatoms. The monoisotopic (exact) mass is 330 g/mol. The Morgan fingerprint density at radius 3 is 2.29 bits per heavy atom. The summed E-state index contributed by atoms with van der Waals surface area (Å²) in [7, 11) is 0. The second-order valence-electron chi connectivity index (χ2n) is 5.66. The third-order valence-corrected chi connectivity index (χ3v) is 3.34. The predicted molar refractivity (Wildman–Crippen MR) is 84.2 cm³/mol. The van der Waals surface area contributed by atoms with Gasteiger partial charge in [0, 0.05) is 24.7 Å². The molecule has 2 rings (SSSR count). The SMILES string of the molecule is Cc1cc(C(=O)O)nc(CCc2ncc(C(=O)O)c(C(C)C)n2)n1. The van der Waals surface area contributed by atoms with Crippen LogP contribution in [0.5, 0.6) is 0 Å². The van der Waals surface area contributed by atoms with Crippen LogP contribution in [0.4, 0.5) is 0 Å². The average molecular weight is 330 g/mol. The largest absolute Gasteiger partial charge is 0.478 e. The van der Waals surface area contributed by atoms with Crippen LogP contribution < -0.4 is 0 Å². The average Bonchev–Trinajstić information content (AvgIpc) is 2.51. The number of aromatic nitrogens is 4. The van der Waals surface area contributed by atoms with E-state index in [2.05, 4.69) is 19.9 Å².